The molecule has 0 aromatic carbocycles. The molecule has 1 heterocycles. The van der Waals surface area contributed by atoms with Crippen LogP contribution in [0.5, 0.6) is 5.75 Å². The van der Waals surface area contributed by atoms with E-state index in [0.717, 1.165) is 31.0 Å². The zero-order valence-corrected chi connectivity index (χ0v) is 11.6. The molecule has 1 N–H and O–H groups in total. The molecule has 1 rings (SSSR count). The fourth-order valence-corrected chi connectivity index (χ4v) is 1.44. The molecule has 0 saturated carbocycles. The summed E-state index contributed by atoms with van der Waals surface area (Å²) in [5, 5.41) is 3.31. The van der Waals surface area contributed by atoms with E-state index >= 15 is 0 Å². The van der Waals surface area contributed by atoms with Crippen molar-refractivity contribution in [2.45, 2.75) is 39.8 Å². The van der Waals surface area contributed by atoms with Gasteiger partial charge in [-0.05, 0) is 38.9 Å². The molecule has 0 aliphatic rings. The van der Waals surface area contributed by atoms with Crippen molar-refractivity contribution in [2.75, 3.05) is 19.8 Å². The van der Waals surface area contributed by atoms with Gasteiger partial charge in [-0.25, -0.2) is 0 Å². The second-order valence-electron chi connectivity index (χ2n) is 4.43. The van der Waals surface area contributed by atoms with Crippen LogP contribution in [0.1, 0.15) is 32.9 Å². The molecule has 0 radical (unpaired) electrons. The Balaban J connectivity index is 2.23. The van der Waals surface area contributed by atoms with Crippen LogP contribution in [0.3, 0.4) is 0 Å². The van der Waals surface area contributed by atoms with Gasteiger partial charge in [0.15, 0.2) is 0 Å². The molecule has 0 amide bonds. The van der Waals surface area contributed by atoms with E-state index in [9.17, 15) is 0 Å². The van der Waals surface area contributed by atoms with Gasteiger partial charge in [-0.3, -0.25) is 4.98 Å². The van der Waals surface area contributed by atoms with Crippen molar-refractivity contribution < 1.29 is 9.47 Å². The van der Waals surface area contributed by atoms with Crippen LogP contribution in [0, 0.1) is 0 Å². The summed E-state index contributed by atoms with van der Waals surface area (Å²) < 4.78 is 10.9. The summed E-state index contributed by atoms with van der Waals surface area (Å²) in [6.45, 7) is 9.18. The molecule has 102 valence electrons. The first-order chi connectivity index (χ1) is 8.72. The van der Waals surface area contributed by atoms with Crippen molar-refractivity contribution >= 4 is 0 Å². The van der Waals surface area contributed by atoms with Crippen molar-refractivity contribution in [2.24, 2.45) is 0 Å². The molecule has 4 nitrogen and oxygen atoms in total. The Morgan fingerprint density at radius 1 is 1.28 bits per heavy atom. The molecule has 0 bridgehead atoms. The summed E-state index contributed by atoms with van der Waals surface area (Å²) in [6.07, 6.45) is 3.15. The molecule has 1 aromatic rings. The molecule has 0 unspecified atom stereocenters. The van der Waals surface area contributed by atoms with Crippen molar-refractivity contribution in [3.63, 3.8) is 0 Å². The number of pyridine rings is 1. The highest BCUT2D eigenvalue weighted by molar-refractivity contribution is 5.19. The molecule has 18 heavy (non-hydrogen) atoms. The molecule has 0 atom stereocenters. The normalized spacial score (nSPS) is 10.9. The van der Waals surface area contributed by atoms with Gasteiger partial charge in [0.05, 0.1) is 24.6 Å². The second-order valence-corrected chi connectivity index (χ2v) is 4.43. The van der Waals surface area contributed by atoms with Crippen LogP contribution in [0.2, 0.25) is 0 Å². The molecule has 0 saturated heterocycles. The van der Waals surface area contributed by atoms with E-state index < -0.39 is 0 Å². The first-order valence-corrected chi connectivity index (χ1v) is 6.62. The number of hydrogen-bond donors (Lipinski definition) is 1. The lowest BCUT2D eigenvalue weighted by atomic mass is 10.3. The fourth-order valence-electron chi connectivity index (χ4n) is 1.44. The van der Waals surface area contributed by atoms with Gasteiger partial charge in [-0.2, -0.15) is 0 Å². The SMILES string of the molecule is CCCNCc1ccc(OCCOC(C)C)cn1. The third kappa shape index (κ3) is 6.57. The van der Waals surface area contributed by atoms with Gasteiger partial charge >= 0.3 is 0 Å². The summed E-state index contributed by atoms with van der Waals surface area (Å²) >= 11 is 0. The Morgan fingerprint density at radius 3 is 2.72 bits per heavy atom. The first kappa shape index (κ1) is 14.9. The van der Waals surface area contributed by atoms with Crippen LogP contribution in [0.25, 0.3) is 0 Å². The Hall–Kier alpha value is -1.13. The van der Waals surface area contributed by atoms with E-state index in [1.165, 1.54) is 0 Å². The summed E-state index contributed by atoms with van der Waals surface area (Å²) in [4.78, 5) is 4.34. The predicted molar refractivity (Wildman–Crippen MR) is 72.8 cm³/mol. The number of nitrogens with zero attached hydrogens (tertiary/aromatic N) is 1. The van der Waals surface area contributed by atoms with E-state index in [-0.39, 0.29) is 6.10 Å². The maximum absolute atomic E-state index is 5.53. The Bertz CT molecular complexity index is 312. The lowest BCUT2D eigenvalue weighted by Gasteiger charge is -2.09. The van der Waals surface area contributed by atoms with Gasteiger partial charge in [0.1, 0.15) is 12.4 Å². The van der Waals surface area contributed by atoms with Crippen molar-refractivity contribution in [3.8, 4) is 5.75 Å². The standard InChI is InChI=1S/C14H24N2O2/c1-4-7-15-10-13-5-6-14(11-16-13)18-9-8-17-12(2)3/h5-6,11-12,15H,4,7-10H2,1-3H3. The van der Waals surface area contributed by atoms with Crippen LogP contribution in [-0.2, 0) is 11.3 Å². The number of rotatable bonds is 9. The average Bonchev–Trinajstić information content (AvgIpc) is 2.36. The molecular weight excluding hydrogens is 228 g/mol. The molecule has 0 spiro atoms. The summed E-state index contributed by atoms with van der Waals surface area (Å²) in [5.74, 6) is 0.793. The number of aromatic nitrogens is 1. The monoisotopic (exact) mass is 252 g/mol. The maximum Gasteiger partial charge on any atom is 0.137 e. The van der Waals surface area contributed by atoms with E-state index in [4.69, 9.17) is 9.47 Å². The van der Waals surface area contributed by atoms with Crippen LogP contribution in [-0.4, -0.2) is 30.8 Å². The number of hydrogen-bond acceptors (Lipinski definition) is 4. The average molecular weight is 252 g/mol. The zero-order chi connectivity index (χ0) is 13.2. The van der Waals surface area contributed by atoms with Crippen LogP contribution in [0.15, 0.2) is 18.3 Å². The molecule has 0 aliphatic heterocycles. The van der Waals surface area contributed by atoms with E-state index in [1.54, 1.807) is 6.20 Å². The lowest BCUT2D eigenvalue weighted by molar-refractivity contribution is 0.0552. The van der Waals surface area contributed by atoms with Crippen LogP contribution in [0.4, 0.5) is 0 Å². The molecule has 4 heteroatoms. The highest BCUT2D eigenvalue weighted by atomic mass is 16.5. The van der Waals surface area contributed by atoms with Crippen LogP contribution < -0.4 is 10.1 Å². The Morgan fingerprint density at radius 2 is 2.11 bits per heavy atom. The van der Waals surface area contributed by atoms with E-state index in [0.29, 0.717) is 13.2 Å². The molecular formula is C14H24N2O2. The summed E-state index contributed by atoms with van der Waals surface area (Å²) in [6, 6.07) is 3.94. The quantitative estimate of drug-likeness (QED) is 0.685. The zero-order valence-electron chi connectivity index (χ0n) is 11.6. The van der Waals surface area contributed by atoms with Crippen molar-refractivity contribution in [1.82, 2.24) is 10.3 Å². The van der Waals surface area contributed by atoms with Gasteiger partial charge in [-0.1, -0.05) is 6.92 Å². The third-order valence-corrected chi connectivity index (χ3v) is 2.33. The predicted octanol–water partition coefficient (Wildman–Crippen LogP) is 2.39. The fraction of sp³-hybridized carbons (Fsp3) is 0.643. The van der Waals surface area contributed by atoms with Gasteiger partial charge < -0.3 is 14.8 Å². The van der Waals surface area contributed by atoms with Gasteiger partial charge in [-0.15, -0.1) is 0 Å². The Labute approximate surface area is 110 Å². The Kier molecular flexibility index (Phi) is 7.37. The first-order valence-electron chi connectivity index (χ1n) is 6.62. The molecule has 1 aromatic heterocycles. The van der Waals surface area contributed by atoms with E-state index in [1.807, 2.05) is 26.0 Å². The lowest BCUT2D eigenvalue weighted by Crippen LogP contribution is -2.15. The topological polar surface area (TPSA) is 43.4 Å². The maximum atomic E-state index is 5.53. The van der Waals surface area contributed by atoms with Crippen LogP contribution >= 0.6 is 0 Å². The molecule has 0 fully saturated rings. The smallest absolute Gasteiger partial charge is 0.137 e. The summed E-state index contributed by atoms with van der Waals surface area (Å²) in [7, 11) is 0. The minimum atomic E-state index is 0.249. The second kappa shape index (κ2) is 8.89. The minimum Gasteiger partial charge on any atom is -0.490 e. The highest BCUT2D eigenvalue weighted by Crippen LogP contribution is 2.09. The minimum absolute atomic E-state index is 0.249. The highest BCUT2D eigenvalue weighted by Gasteiger charge is 1.98. The largest absolute Gasteiger partial charge is 0.490 e. The third-order valence-electron chi connectivity index (χ3n) is 2.33. The summed E-state index contributed by atoms with van der Waals surface area (Å²) in [5.41, 5.74) is 1.04. The molecule has 0 aliphatic carbocycles. The van der Waals surface area contributed by atoms with Gasteiger partial charge in [0.25, 0.3) is 0 Å². The number of ether oxygens (including phenoxy) is 2. The number of nitrogens with one attached hydrogen (secondary N) is 1. The van der Waals surface area contributed by atoms with Gasteiger partial charge in [0, 0.05) is 6.54 Å². The van der Waals surface area contributed by atoms with Gasteiger partial charge in [0.2, 0.25) is 0 Å². The van der Waals surface area contributed by atoms with Crippen molar-refractivity contribution in [3.05, 3.63) is 24.0 Å². The van der Waals surface area contributed by atoms with E-state index in [2.05, 4.69) is 17.2 Å². The van der Waals surface area contributed by atoms with Crippen molar-refractivity contribution in [1.29, 1.82) is 0 Å².